The van der Waals surface area contributed by atoms with Crippen LogP contribution in [0.5, 0.6) is 0 Å². The Balaban J connectivity index is 2.04. The highest BCUT2D eigenvalue weighted by molar-refractivity contribution is 7.19. The molecule has 0 aliphatic carbocycles. The molecule has 3 aromatic rings. The first kappa shape index (κ1) is 12.3. The molecule has 3 rings (SSSR count). The molecule has 19 heavy (non-hydrogen) atoms. The average Bonchev–Trinajstić information content (AvgIpc) is 2.85. The van der Waals surface area contributed by atoms with Gasteiger partial charge in [-0.25, -0.2) is 5.43 Å². The fraction of sp³-hybridized carbons (Fsp3) is 0.133. The highest BCUT2D eigenvalue weighted by Crippen LogP contribution is 2.32. The van der Waals surface area contributed by atoms with Gasteiger partial charge in [-0.1, -0.05) is 24.3 Å². The Morgan fingerprint density at radius 2 is 2.05 bits per heavy atom. The summed E-state index contributed by atoms with van der Waals surface area (Å²) >= 11 is 1.76. The molecule has 0 spiro atoms. The molecule has 3 nitrogen and oxygen atoms in total. The average molecular weight is 269 g/mol. The number of nitrogens with one attached hydrogen (secondary N) is 1. The van der Waals surface area contributed by atoms with E-state index in [-0.39, 0.29) is 6.04 Å². The largest absolute Gasteiger partial charge is 0.271 e. The first-order valence-electron chi connectivity index (χ1n) is 6.15. The monoisotopic (exact) mass is 269 g/mol. The molecule has 0 amide bonds. The van der Waals surface area contributed by atoms with Crippen molar-refractivity contribution in [1.29, 1.82) is 0 Å². The second kappa shape index (κ2) is 5.09. The zero-order valence-corrected chi connectivity index (χ0v) is 11.4. The second-order valence-corrected chi connectivity index (χ2v) is 5.63. The van der Waals surface area contributed by atoms with Crippen LogP contribution in [-0.4, -0.2) is 4.98 Å². The molecule has 1 atom stereocenters. The molecule has 1 aromatic carbocycles. The van der Waals surface area contributed by atoms with E-state index in [1.54, 1.807) is 11.3 Å². The normalized spacial score (nSPS) is 12.7. The second-order valence-electron chi connectivity index (χ2n) is 4.52. The highest BCUT2D eigenvalue weighted by atomic mass is 32.1. The lowest BCUT2D eigenvalue weighted by Crippen LogP contribution is -2.28. The standard InChI is InChI=1S/C15H15N3S/c1-10-6-7-12(9-17-10)15(18-16)14-8-11-4-2-3-5-13(11)19-14/h2-9,15,18H,16H2,1H3. The molecular weight excluding hydrogens is 254 g/mol. The van der Waals surface area contributed by atoms with Gasteiger partial charge < -0.3 is 0 Å². The Kier molecular flexibility index (Phi) is 3.29. The summed E-state index contributed by atoms with van der Waals surface area (Å²) < 4.78 is 1.28. The van der Waals surface area contributed by atoms with E-state index < -0.39 is 0 Å². The number of hydrogen-bond acceptors (Lipinski definition) is 4. The predicted octanol–water partition coefficient (Wildman–Crippen LogP) is 3.16. The molecule has 0 saturated carbocycles. The van der Waals surface area contributed by atoms with E-state index in [2.05, 4.69) is 46.8 Å². The molecular formula is C15H15N3S. The molecule has 0 aliphatic rings. The van der Waals surface area contributed by atoms with Crippen LogP contribution in [0.15, 0.2) is 48.7 Å². The number of aromatic nitrogens is 1. The molecule has 0 bridgehead atoms. The third kappa shape index (κ3) is 2.38. The van der Waals surface area contributed by atoms with Crippen LogP contribution in [0.3, 0.4) is 0 Å². The lowest BCUT2D eigenvalue weighted by molar-refractivity contribution is 0.644. The van der Waals surface area contributed by atoms with Crippen LogP contribution < -0.4 is 11.3 Å². The molecule has 0 aliphatic heterocycles. The maximum absolute atomic E-state index is 5.73. The Labute approximate surface area is 116 Å². The number of fused-ring (bicyclic) bond motifs is 1. The highest BCUT2D eigenvalue weighted by Gasteiger charge is 2.15. The van der Waals surface area contributed by atoms with Crippen molar-refractivity contribution in [2.24, 2.45) is 5.84 Å². The van der Waals surface area contributed by atoms with Crippen LogP contribution in [0.4, 0.5) is 0 Å². The van der Waals surface area contributed by atoms with E-state index in [1.807, 2.05) is 19.2 Å². The van der Waals surface area contributed by atoms with E-state index in [1.165, 1.54) is 15.0 Å². The number of pyridine rings is 1. The summed E-state index contributed by atoms with van der Waals surface area (Å²) in [6.07, 6.45) is 1.88. The lowest BCUT2D eigenvalue weighted by Gasteiger charge is -2.14. The third-order valence-electron chi connectivity index (χ3n) is 3.16. The molecule has 0 radical (unpaired) electrons. The van der Waals surface area contributed by atoms with Crippen LogP contribution in [0.2, 0.25) is 0 Å². The summed E-state index contributed by atoms with van der Waals surface area (Å²) in [7, 11) is 0. The van der Waals surface area contributed by atoms with Gasteiger partial charge in [0.2, 0.25) is 0 Å². The van der Waals surface area contributed by atoms with Gasteiger partial charge in [-0.05, 0) is 36.1 Å². The molecule has 1 unspecified atom stereocenters. The van der Waals surface area contributed by atoms with E-state index in [0.717, 1.165) is 11.3 Å². The first-order chi connectivity index (χ1) is 9.28. The minimum atomic E-state index is -0.00880. The summed E-state index contributed by atoms with van der Waals surface area (Å²) in [5.41, 5.74) is 4.98. The van der Waals surface area contributed by atoms with Crippen molar-refractivity contribution in [1.82, 2.24) is 10.4 Å². The Morgan fingerprint density at radius 3 is 2.74 bits per heavy atom. The van der Waals surface area contributed by atoms with E-state index >= 15 is 0 Å². The molecule has 96 valence electrons. The smallest absolute Gasteiger partial charge is 0.0817 e. The van der Waals surface area contributed by atoms with Crippen molar-refractivity contribution in [2.75, 3.05) is 0 Å². The van der Waals surface area contributed by atoms with Crippen LogP contribution in [0.1, 0.15) is 22.2 Å². The number of nitrogens with zero attached hydrogens (tertiary/aromatic N) is 1. The maximum Gasteiger partial charge on any atom is 0.0817 e. The Bertz CT molecular complexity index is 655. The summed E-state index contributed by atoms with van der Waals surface area (Å²) in [4.78, 5) is 5.54. The predicted molar refractivity (Wildman–Crippen MR) is 80.0 cm³/mol. The number of thiophene rings is 1. The van der Waals surface area contributed by atoms with Gasteiger partial charge in [-0.15, -0.1) is 11.3 Å². The molecule has 4 heteroatoms. The van der Waals surface area contributed by atoms with Gasteiger partial charge in [0.15, 0.2) is 0 Å². The minimum absolute atomic E-state index is 0.00880. The molecule has 2 aromatic heterocycles. The van der Waals surface area contributed by atoms with Crippen LogP contribution in [-0.2, 0) is 0 Å². The molecule has 0 saturated heterocycles. The van der Waals surface area contributed by atoms with E-state index in [0.29, 0.717) is 0 Å². The minimum Gasteiger partial charge on any atom is -0.271 e. The summed E-state index contributed by atoms with van der Waals surface area (Å²) in [5, 5.41) is 1.25. The SMILES string of the molecule is Cc1ccc(C(NN)c2cc3ccccc3s2)cn1. The summed E-state index contributed by atoms with van der Waals surface area (Å²) in [5.74, 6) is 5.73. The zero-order chi connectivity index (χ0) is 13.2. The van der Waals surface area contributed by atoms with Gasteiger partial charge in [0.05, 0.1) is 6.04 Å². The maximum atomic E-state index is 5.73. The van der Waals surface area contributed by atoms with Crippen LogP contribution in [0.25, 0.3) is 10.1 Å². The van der Waals surface area contributed by atoms with Crippen molar-refractivity contribution < 1.29 is 0 Å². The Hall–Kier alpha value is -1.75. The van der Waals surface area contributed by atoms with Gasteiger partial charge in [0, 0.05) is 21.5 Å². The van der Waals surface area contributed by atoms with Crippen molar-refractivity contribution in [3.8, 4) is 0 Å². The third-order valence-corrected chi connectivity index (χ3v) is 4.34. The lowest BCUT2D eigenvalue weighted by atomic mass is 10.1. The van der Waals surface area contributed by atoms with Gasteiger partial charge in [-0.2, -0.15) is 0 Å². The van der Waals surface area contributed by atoms with Gasteiger partial charge in [0.1, 0.15) is 0 Å². The van der Waals surface area contributed by atoms with Gasteiger partial charge in [0.25, 0.3) is 0 Å². The number of hydrogen-bond donors (Lipinski definition) is 2. The summed E-state index contributed by atoms with van der Waals surface area (Å²) in [6, 6.07) is 14.6. The summed E-state index contributed by atoms with van der Waals surface area (Å²) in [6.45, 7) is 1.98. The van der Waals surface area contributed by atoms with Crippen LogP contribution in [0, 0.1) is 6.92 Å². The molecule has 2 heterocycles. The van der Waals surface area contributed by atoms with E-state index in [4.69, 9.17) is 5.84 Å². The molecule has 3 N–H and O–H groups in total. The van der Waals surface area contributed by atoms with Crippen molar-refractivity contribution >= 4 is 21.4 Å². The molecule has 0 fully saturated rings. The fourth-order valence-corrected chi connectivity index (χ4v) is 3.29. The van der Waals surface area contributed by atoms with Gasteiger partial charge in [-0.3, -0.25) is 10.8 Å². The van der Waals surface area contributed by atoms with Gasteiger partial charge >= 0.3 is 0 Å². The number of benzene rings is 1. The number of rotatable bonds is 3. The van der Waals surface area contributed by atoms with Crippen LogP contribution >= 0.6 is 11.3 Å². The number of nitrogens with two attached hydrogens (primary N) is 1. The number of aryl methyl sites for hydroxylation is 1. The van der Waals surface area contributed by atoms with Crippen molar-refractivity contribution in [2.45, 2.75) is 13.0 Å². The topological polar surface area (TPSA) is 50.9 Å². The van der Waals surface area contributed by atoms with Crippen molar-refractivity contribution in [3.63, 3.8) is 0 Å². The first-order valence-corrected chi connectivity index (χ1v) is 6.97. The zero-order valence-electron chi connectivity index (χ0n) is 10.6. The number of hydrazine groups is 1. The van der Waals surface area contributed by atoms with Crippen molar-refractivity contribution in [3.05, 3.63) is 64.8 Å². The fourth-order valence-electron chi connectivity index (χ4n) is 2.14. The Morgan fingerprint density at radius 1 is 1.21 bits per heavy atom. The quantitative estimate of drug-likeness (QED) is 0.567. The van der Waals surface area contributed by atoms with E-state index in [9.17, 15) is 0 Å².